The standard InChI is InChI=1S/C25H33N5O2/c1-26-25(32)22-9-8-20(16-27-22)30-12-10-29(11-13-30)19-7-6-18(14-19)23-15-17-4-2-3-5-21(17)24(31)28-23/h8-9,15-16,18-19H,2-7,10-14H2,1H3,(H,26,32)(H,28,31)/t18-,19-/m1/s1. The maximum absolute atomic E-state index is 12.6. The molecular formula is C25H33N5O2. The smallest absolute Gasteiger partial charge is 0.269 e. The molecule has 32 heavy (non-hydrogen) atoms. The number of piperazine rings is 1. The number of pyridine rings is 2. The van der Waals surface area contributed by atoms with Crippen molar-refractivity contribution in [1.82, 2.24) is 20.2 Å². The highest BCUT2D eigenvalue weighted by atomic mass is 16.1. The third-order valence-electron chi connectivity index (χ3n) is 7.62. The fourth-order valence-corrected chi connectivity index (χ4v) is 5.75. The Morgan fingerprint density at radius 1 is 1.12 bits per heavy atom. The van der Waals surface area contributed by atoms with Crippen molar-refractivity contribution in [2.75, 3.05) is 38.1 Å². The quantitative estimate of drug-likeness (QED) is 0.771. The molecule has 7 nitrogen and oxygen atoms in total. The van der Waals surface area contributed by atoms with Crippen LogP contribution in [0.3, 0.4) is 0 Å². The molecule has 170 valence electrons. The molecule has 2 aliphatic carbocycles. The number of carbonyl (C=O) groups excluding carboxylic acids is 1. The second-order valence-corrected chi connectivity index (χ2v) is 9.43. The van der Waals surface area contributed by atoms with Gasteiger partial charge in [0.1, 0.15) is 5.69 Å². The van der Waals surface area contributed by atoms with Crippen LogP contribution in [0.25, 0.3) is 0 Å². The van der Waals surface area contributed by atoms with Crippen molar-refractivity contribution < 1.29 is 4.79 Å². The molecule has 0 aromatic carbocycles. The molecule has 1 saturated carbocycles. The summed E-state index contributed by atoms with van der Waals surface area (Å²) in [6, 6.07) is 6.68. The van der Waals surface area contributed by atoms with E-state index in [1.807, 2.05) is 6.07 Å². The lowest BCUT2D eigenvalue weighted by molar-refractivity contribution is 0.0958. The maximum Gasteiger partial charge on any atom is 0.269 e. The van der Waals surface area contributed by atoms with Gasteiger partial charge in [-0.05, 0) is 68.7 Å². The van der Waals surface area contributed by atoms with Crippen LogP contribution in [0.4, 0.5) is 5.69 Å². The van der Waals surface area contributed by atoms with Crippen molar-refractivity contribution in [3.63, 3.8) is 0 Å². The van der Waals surface area contributed by atoms with Crippen LogP contribution in [0.15, 0.2) is 29.2 Å². The van der Waals surface area contributed by atoms with Gasteiger partial charge in [0, 0.05) is 56.4 Å². The molecule has 2 N–H and O–H groups in total. The minimum atomic E-state index is -0.155. The molecule has 3 aliphatic rings. The molecule has 0 spiro atoms. The van der Waals surface area contributed by atoms with Crippen molar-refractivity contribution >= 4 is 11.6 Å². The van der Waals surface area contributed by atoms with Gasteiger partial charge in [-0.2, -0.15) is 0 Å². The molecule has 1 aliphatic heterocycles. The molecule has 0 bridgehead atoms. The number of aryl methyl sites for hydroxylation is 1. The summed E-state index contributed by atoms with van der Waals surface area (Å²) in [5.41, 5.74) is 5.18. The van der Waals surface area contributed by atoms with E-state index in [1.54, 1.807) is 19.3 Å². The van der Waals surface area contributed by atoms with E-state index >= 15 is 0 Å². The Morgan fingerprint density at radius 3 is 2.69 bits per heavy atom. The van der Waals surface area contributed by atoms with Crippen LogP contribution in [0.2, 0.25) is 0 Å². The first kappa shape index (κ1) is 21.2. The van der Waals surface area contributed by atoms with Gasteiger partial charge >= 0.3 is 0 Å². The zero-order valence-corrected chi connectivity index (χ0v) is 18.9. The fourth-order valence-electron chi connectivity index (χ4n) is 5.75. The van der Waals surface area contributed by atoms with Crippen LogP contribution in [0.1, 0.15) is 65.3 Å². The third-order valence-corrected chi connectivity index (χ3v) is 7.62. The number of amides is 1. The number of carbonyl (C=O) groups is 1. The number of fused-ring (bicyclic) bond motifs is 1. The van der Waals surface area contributed by atoms with Crippen molar-refractivity contribution in [2.24, 2.45) is 0 Å². The van der Waals surface area contributed by atoms with Crippen molar-refractivity contribution in [3.05, 3.63) is 57.3 Å². The first-order valence-electron chi connectivity index (χ1n) is 12.0. The first-order chi connectivity index (χ1) is 15.6. The number of hydrogen-bond donors (Lipinski definition) is 2. The molecular weight excluding hydrogens is 402 g/mol. The summed E-state index contributed by atoms with van der Waals surface area (Å²) < 4.78 is 0. The van der Waals surface area contributed by atoms with E-state index in [1.165, 1.54) is 24.1 Å². The number of aromatic amines is 1. The number of H-pyrrole nitrogens is 1. The summed E-state index contributed by atoms with van der Waals surface area (Å²) in [5, 5.41) is 2.61. The average Bonchev–Trinajstić information content (AvgIpc) is 3.34. The summed E-state index contributed by atoms with van der Waals surface area (Å²) in [6.45, 7) is 4.01. The van der Waals surface area contributed by atoms with E-state index in [2.05, 4.69) is 31.2 Å². The van der Waals surface area contributed by atoms with Gasteiger partial charge in [-0.15, -0.1) is 0 Å². The van der Waals surface area contributed by atoms with E-state index < -0.39 is 0 Å². The Morgan fingerprint density at radius 2 is 1.94 bits per heavy atom. The third kappa shape index (κ3) is 4.18. The highest BCUT2D eigenvalue weighted by molar-refractivity contribution is 5.92. The molecule has 1 amide bonds. The number of aromatic nitrogens is 2. The largest absolute Gasteiger partial charge is 0.368 e. The van der Waals surface area contributed by atoms with Gasteiger partial charge in [0.05, 0.1) is 11.9 Å². The summed E-state index contributed by atoms with van der Waals surface area (Å²) in [6.07, 6.45) is 9.64. The molecule has 0 radical (unpaired) electrons. The van der Waals surface area contributed by atoms with E-state index in [0.29, 0.717) is 17.7 Å². The predicted molar refractivity (Wildman–Crippen MR) is 125 cm³/mol. The lowest BCUT2D eigenvalue weighted by atomic mass is 9.90. The van der Waals surface area contributed by atoms with Gasteiger partial charge in [-0.3, -0.25) is 14.5 Å². The minimum absolute atomic E-state index is 0.155. The second kappa shape index (κ2) is 9.06. The van der Waals surface area contributed by atoms with Gasteiger partial charge in [0.15, 0.2) is 0 Å². The SMILES string of the molecule is CNC(=O)c1ccc(N2CCN([C@@H]3CC[C@@H](c4cc5c(c(=O)[nH]4)CCCC5)C3)CC2)cn1. The summed E-state index contributed by atoms with van der Waals surface area (Å²) >= 11 is 0. The van der Waals surface area contributed by atoms with Crippen molar-refractivity contribution in [1.29, 1.82) is 0 Å². The van der Waals surface area contributed by atoms with Gasteiger partial charge in [-0.25, -0.2) is 4.98 Å². The lowest BCUT2D eigenvalue weighted by Crippen LogP contribution is -2.49. The number of nitrogens with one attached hydrogen (secondary N) is 2. The van der Waals surface area contributed by atoms with E-state index in [-0.39, 0.29) is 11.5 Å². The normalized spacial score (nSPS) is 23.7. The van der Waals surface area contributed by atoms with E-state index in [4.69, 9.17) is 0 Å². The lowest BCUT2D eigenvalue weighted by Gasteiger charge is -2.39. The number of anilines is 1. The van der Waals surface area contributed by atoms with E-state index in [9.17, 15) is 9.59 Å². The molecule has 7 heteroatoms. The Labute approximate surface area is 189 Å². The number of nitrogens with zero attached hydrogens (tertiary/aromatic N) is 3. The highest BCUT2D eigenvalue weighted by Gasteiger charge is 2.33. The zero-order valence-electron chi connectivity index (χ0n) is 18.9. The van der Waals surface area contributed by atoms with Gasteiger partial charge < -0.3 is 15.2 Å². The van der Waals surface area contributed by atoms with Crippen LogP contribution < -0.4 is 15.8 Å². The molecule has 5 rings (SSSR count). The summed E-state index contributed by atoms with van der Waals surface area (Å²) in [7, 11) is 1.62. The van der Waals surface area contributed by atoms with Crippen LogP contribution in [0.5, 0.6) is 0 Å². The Kier molecular flexibility index (Phi) is 6.00. The van der Waals surface area contributed by atoms with Crippen LogP contribution in [-0.4, -0.2) is 60.0 Å². The van der Waals surface area contributed by atoms with Crippen LogP contribution in [0, 0.1) is 0 Å². The fraction of sp³-hybridized carbons (Fsp3) is 0.560. The second-order valence-electron chi connectivity index (χ2n) is 9.43. The Balaban J connectivity index is 1.18. The predicted octanol–water partition coefficient (Wildman–Crippen LogP) is 2.47. The Hall–Kier alpha value is -2.67. The van der Waals surface area contributed by atoms with E-state index in [0.717, 1.165) is 69.5 Å². The molecule has 2 fully saturated rings. The summed E-state index contributed by atoms with van der Waals surface area (Å²) in [5.74, 6) is 0.317. The van der Waals surface area contributed by atoms with Gasteiger partial charge in [-0.1, -0.05) is 0 Å². The number of rotatable bonds is 4. The Bertz CT molecular complexity index is 1020. The molecule has 2 aromatic heterocycles. The van der Waals surface area contributed by atoms with Crippen molar-refractivity contribution in [3.8, 4) is 0 Å². The van der Waals surface area contributed by atoms with Crippen LogP contribution >= 0.6 is 0 Å². The molecule has 1 saturated heterocycles. The number of hydrogen-bond acceptors (Lipinski definition) is 5. The zero-order chi connectivity index (χ0) is 22.1. The summed E-state index contributed by atoms with van der Waals surface area (Å²) in [4.78, 5) is 36.8. The minimum Gasteiger partial charge on any atom is -0.368 e. The maximum atomic E-state index is 12.6. The highest BCUT2D eigenvalue weighted by Crippen LogP contribution is 2.37. The first-order valence-corrected chi connectivity index (χ1v) is 12.0. The molecule has 2 aromatic rings. The van der Waals surface area contributed by atoms with Gasteiger partial charge in [0.2, 0.25) is 0 Å². The topological polar surface area (TPSA) is 81.3 Å². The van der Waals surface area contributed by atoms with Gasteiger partial charge in [0.25, 0.3) is 11.5 Å². The molecule has 3 heterocycles. The molecule has 2 atom stereocenters. The van der Waals surface area contributed by atoms with Crippen LogP contribution in [-0.2, 0) is 12.8 Å². The monoisotopic (exact) mass is 435 g/mol. The van der Waals surface area contributed by atoms with Crippen molar-refractivity contribution in [2.45, 2.75) is 56.9 Å². The average molecular weight is 436 g/mol. The molecule has 0 unspecified atom stereocenters.